The van der Waals surface area contributed by atoms with E-state index in [9.17, 15) is 4.79 Å². The van der Waals surface area contributed by atoms with E-state index in [1.807, 2.05) is 67.2 Å². The maximum Gasteiger partial charge on any atom is 0.257 e. The summed E-state index contributed by atoms with van der Waals surface area (Å²) in [6, 6.07) is 15.7. The van der Waals surface area contributed by atoms with E-state index < -0.39 is 0 Å². The molecule has 1 aromatic carbocycles. The molecule has 3 rings (SSSR count). The average molecular weight is 334 g/mol. The second-order valence-corrected chi connectivity index (χ2v) is 5.90. The topological polar surface area (TPSA) is 51.0 Å². The molecule has 0 radical (unpaired) electrons. The van der Waals surface area contributed by atoms with E-state index >= 15 is 0 Å². The largest absolute Gasteiger partial charge is 0.341 e. The number of hydrogen-bond acceptors (Lipinski definition) is 3. The number of rotatable bonds is 6. The number of para-hydroxylation sites is 1. The van der Waals surface area contributed by atoms with Crippen molar-refractivity contribution < 1.29 is 4.79 Å². The zero-order chi connectivity index (χ0) is 17.6. The van der Waals surface area contributed by atoms with Gasteiger partial charge in [-0.1, -0.05) is 31.2 Å². The molecular weight excluding hydrogens is 312 g/mol. The Labute approximate surface area is 147 Å². The fourth-order valence-corrected chi connectivity index (χ4v) is 2.82. The minimum absolute atomic E-state index is 0.00466. The Balaban J connectivity index is 1.76. The Morgan fingerprint density at radius 3 is 2.56 bits per heavy atom. The molecule has 2 aromatic heterocycles. The Hall–Kier alpha value is -2.95. The van der Waals surface area contributed by atoms with Crippen molar-refractivity contribution in [2.45, 2.75) is 19.8 Å². The molecule has 5 nitrogen and oxygen atoms in total. The lowest BCUT2D eigenvalue weighted by Gasteiger charge is -2.17. The summed E-state index contributed by atoms with van der Waals surface area (Å²) in [5.74, 6) is -0.00466. The highest BCUT2D eigenvalue weighted by atomic mass is 16.2. The van der Waals surface area contributed by atoms with Gasteiger partial charge in [0, 0.05) is 31.9 Å². The Morgan fingerprint density at radius 2 is 1.88 bits per heavy atom. The molecule has 0 aliphatic heterocycles. The zero-order valence-corrected chi connectivity index (χ0v) is 14.6. The SMILES string of the molecule is CCc1c(C(=O)N(C)CCc2ccccn2)cnn1-c1ccccc1. The van der Waals surface area contributed by atoms with E-state index in [0.29, 0.717) is 12.1 Å². The van der Waals surface area contributed by atoms with E-state index in [1.54, 1.807) is 17.3 Å². The number of likely N-dealkylation sites (N-methyl/N-ethyl adjacent to an activating group) is 1. The number of carbonyl (C=O) groups is 1. The van der Waals surface area contributed by atoms with Crippen molar-refractivity contribution in [1.82, 2.24) is 19.7 Å². The molecular formula is C20H22N4O. The number of amides is 1. The van der Waals surface area contributed by atoms with Gasteiger partial charge in [-0.25, -0.2) is 4.68 Å². The highest BCUT2D eigenvalue weighted by Crippen LogP contribution is 2.17. The van der Waals surface area contributed by atoms with Gasteiger partial charge in [0.25, 0.3) is 5.91 Å². The Kier molecular flexibility index (Phi) is 5.23. The van der Waals surface area contributed by atoms with Gasteiger partial charge in [-0.05, 0) is 30.7 Å². The predicted molar refractivity (Wildman–Crippen MR) is 97.8 cm³/mol. The highest BCUT2D eigenvalue weighted by molar-refractivity contribution is 5.95. The van der Waals surface area contributed by atoms with Crippen LogP contribution in [0.2, 0.25) is 0 Å². The van der Waals surface area contributed by atoms with Gasteiger partial charge >= 0.3 is 0 Å². The van der Waals surface area contributed by atoms with Crippen molar-refractivity contribution in [2.75, 3.05) is 13.6 Å². The van der Waals surface area contributed by atoms with Crippen LogP contribution >= 0.6 is 0 Å². The minimum Gasteiger partial charge on any atom is -0.341 e. The standard InChI is InChI=1S/C20H22N4O/c1-3-19-18(15-22-24(19)17-10-5-4-6-11-17)20(25)23(2)14-12-16-9-7-8-13-21-16/h4-11,13,15H,3,12,14H2,1-2H3. The summed E-state index contributed by atoms with van der Waals surface area (Å²) in [6.45, 7) is 2.66. The van der Waals surface area contributed by atoms with E-state index in [2.05, 4.69) is 10.1 Å². The smallest absolute Gasteiger partial charge is 0.257 e. The quantitative estimate of drug-likeness (QED) is 0.696. The molecule has 0 fully saturated rings. The summed E-state index contributed by atoms with van der Waals surface area (Å²) in [4.78, 5) is 18.9. The first-order valence-corrected chi connectivity index (χ1v) is 8.48. The maximum absolute atomic E-state index is 12.8. The third kappa shape index (κ3) is 3.76. The number of aromatic nitrogens is 3. The average Bonchev–Trinajstić information content (AvgIpc) is 3.11. The first-order chi connectivity index (χ1) is 12.2. The zero-order valence-electron chi connectivity index (χ0n) is 14.6. The van der Waals surface area contributed by atoms with Crippen LogP contribution < -0.4 is 0 Å². The van der Waals surface area contributed by atoms with Crippen LogP contribution in [0.1, 0.15) is 28.7 Å². The molecule has 128 valence electrons. The van der Waals surface area contributed by atoms with E-state index in [1.165, 1.54) is 0 Å². The number of hydrogen-bond donors (Lipinski definition) is 0. The molecule has 3 aromatic rings. The number of benzene rings is 1. The lowest BCUT2D eigenvalue weighted by atomic mass is 10.1. The van der Waals surface area contributed by atoms with Gasteiger partial charge in [0.1, 0.15) is 0 Å². The Bertz CT molecular complexity index is 827. The number of nitrogens with zero attached hydrogens (tertiary/aromatic N) is 4. The molecule has 0 bridgehead atoms. The normalized spacial score (nSPS) is 10.6. The molecule has 0 spiro atoms. The second-order valence-electron chi connectivity index (χ2n) is 5.90. The number of carbonyl (C=O) groups excluding carboxylic acids is 1. The van der Waals surface area contributed by atoms with Gasteiger partial charge < -0.3 is 4.90 Å². The van der Waals surface area contributed by atoms with Crippen molar-refractivity contribution in [2.24, 2.45) is 0 Å². The van der Waals surface area contributed by atoms with Crippen LogP contribution in [0.15, 0.2) is 60.9 Å². The van der Waals surface area contributed by atoms with Gasteiger partial charge in [-0.2, -0.15) is 5.10 Å². The third-order valence-corrected chi connectivity index (χ3v) is 4.21. The van der Waals surface area contributed by atoms with Crippen LogP contribution in [0.5, 0.6) is 0 Å². The molecule has 0 aliphatic rings. The molecule has 0 atom stereocenters. The fraction of sp³-hybridized carbons (Fsp3) is 0.250. The summed E-state index contributed by atoms with van der Waals surface area (Å²) < 4.78 is 1.85. The monoisotopic (exact) mass is 334 g/mol. The van der Waals surface area contributed by atoms with Crippen molar-refractivity contribution in [1.29, 1.82) is 0 Å². The summed E-state index contributed by atoms with van der Waals surface area (Å²) in [5, 5.41) is 4.44. The molecule has 1 amide bonds. The summed E-state index contributed by atoms with van der Waals surface area (Å²) in [7, 11) is 1.82. The van der Waals surface area contributed by atoms with Gasteiger partial charge in [0.2, 0.25) is 0 Å². The fourth-order valence-electron chi connectivity index (χ4n) is 2.82. The molecule has 25 heavy (non-hydrogen) atoms. The molecule has 0 saturated carbocycles. The van der Waals surface area contributed by atoms with Crippen LogP contribution in [-0.2, 0) is 12.8 Å². The molecule has 0 unspecified atom stereocenters. The Morgan fingerprint density at radius 1 is 1.12 bits per heavy atom. The maximum atomic E-state index is 12.8. The van der Waals surface area contributed by atoms with Gasteiger partial charge in [-0.3, -0.25) is 9.78 Å². The highest BCUT2D eigenvalue weighted by Gasteiger charge is 2.20. The second kappa shape index (κ2) is 7.75. The van der Waals surface area contributed by atoms with Crippen molar-refractivity contribution in [3.05, 3.63) is 77.9 Å². The van der Waals surface area contributed by atoms with E-state index in [0.717, 1.165) is 29.9 Å². The van der Waals surface area contributed by atoms with Crippen LogP contribution in [0.3, 0.4) is 0 Å². The van der Waals surface area contributed by atoms with E-state index in [-0.39, 0.29) is 5.91 Å². The summed E-state index contributed by atoms with van der Waals surface area (Å²) in [6.07, 6.45) is 4.92. The predicted octanol–water partition coefficient (Wildman–Crippen LogP) is 3.14. The molecule has 0 N–H and O–H groups in total. The lowest BCUT2D eigenvalue weighted by molar-refractivity contribution is 0.0795. The lowest BCUT2D eigenvalue weighted by Crippen LogP contribution is -2.29. The molecule has 2 heterocycles. The van der Waals surface area contributed by atoms with Crippen LogP contribution in [0, 0.1) is 0 Å². The third-order valence-electron chi connectivity index (χ3n) is 4.21. The van der Waals surface area contributed by atoms with Crippen LogP contribution in [0.25, 0.3) is 5.69 Å². The van der Waals surface area contributed by atoms with Crippen molar-refractivity contribution >= 4 is 5.91 Å². The molecule has 5 heteroatoms. The van der Waals surface area contributed by atoms with Gasteiger partial charge in [0.05, 0.1) is 23.1 Å². The first-order valence-electron chi connectivity index (χ1n) is 8.48. The summed E-state index contributed by atoms with van der Waals surface area (Å²) >= 11 is 0. The molecule has 0 saturated heterocycles. The molecule has 0 aliphatic carbocycles. The van der Waals surface area contributed by atoms with Gasteiger partial charge in [-0.15, -0.1) is 0 Å². The van der Waals surface area contributed by atoms with Crippen molar-refractivity contribution in [3.8, 4) is 5.69 Å². The van der Waals surface area contributed by atoms with Crippen LogP contribution in [-0.4, -0.2) is 39.2 Å². The van der Waals surface area contributed by atoms with Gasteiger partial charge in [0.15, 0.2) is 0 Å². The number of pyridine rings is 1. The summed E-state index contributed by atoms with van der Waals surface area (Å²) in [5.41, 5.74) is 3.54. The van der Waals surface area contributed by atoms with Crippen LogP contribution in [0.4, 0.5) is 0 Å². The van der Waals surface area contributed by atoms with Crippen molar-refractivity contribution in [3.63, 3.8) is 0 Å². The first kappa shape index (κ1) is 16.9. The minimum atomic E-state index is -0.00466. The van der Waals surface area contributed by atoms with E-state index in [4.69, 9.17) is 0 Å².